The fourth-order valence-corrected chi connectivity index (χ4v) is 2.30. The van der Waals surface area contributed by atoms with Crippen molar-refractivity contribution in [2.75, 3.05) is 0 Å². The maximum Gasteiger partial charge on any atom is 0.237 e. The molecule has 1 amide bonds. The Morgan fingerprint density at radius 3 is 2.69 bits per heavy atom. The molecule has 0 saturated heterocycles. The number of hydrogen-bond acceptors (Lipinski definition) is 3. The number of nitrogens with two attached hydrogens (primary N) is 1. The van der Waals surface area contributed by atoms with Crippen LogP contribution in [0.1, 0.15) is 38.1 Å². The zero-order valence-corrected chi connectivity index (χ0v) is 10.9. The Labute approximate surface area is 101 Å². The molecular formula is C12H20N2OS. The van der Waals surface area contributed by atoms with Crippen molar-refractivity contribution in [1.29, 1.82) is 0 Å². The summed E-state index contributed by atoms with van der Waals surface area (Å²) in [7, 11) is 0. The lowest BCUT2D eigenvalue weighted by Crippen LogP contribution is -2.45. The van der Waals surface area contributed by atoms with Crippen LogP contribution in [0, 0.1) is 5.92 Å². The number of nitrogens with one attached hydrogen (secondary N) is 1. The van der Waals surface area contributed by atoms with Crippen LogP contribution in [0.15, 0.2) is 17.5 Å². The average Bonchev–Trinajstić information content (AvgIpc) is 2.77. The summed E-state index contributed by atoms with van der Waals surface area (Å²) in [6.45, 7) is 5.97. The van der Waals surface area contributed by atoms with Crippen LogP contribution in [0.3, 0.4) is 0 Å². The van der Waals surface area contributed by atoms with Crippen LogP contribution in [-0.4, -0.2) is 11.9 Å². The summed E-state index contributed by atoms with van der Waals surface area (Å²) in [5, 5.41) is 5.02. The number of thiophene rings is 1. The van der Waals surface area contributed by atoms with E-state index in [9.17, 15) is 4.79 Å². The highest BCUT2D eigenvalue weighted by Gasteiger charge is 2.20. The predicted octanol–water partition coefficient (Wildman–Crippen LogP) is 2.30. The van der Waals surface area contributed by atoms with Gasteiger partial charge in [-0.05, 0) is 23.8 Å². The molecule has 1 unspecified atom stereocenters. The molecule has 0 saturated carbocycles. The summed E-state index contributed by atoms with van der Waals surface area (Å²) in [6.07, 6.45) is 0.886. The van der Waals surface area contributed by atoms with E-state index in [0.29, 0.717) is 0 Å². The van der Waals surface area contributed by atoms with E-state index in [2.05, 4.69) is 12.2 Å². The van der Waals surface area contributed by atoms with Crippen LogP contribution >= 0.6 is 11.3 Å². The van der Waals surface area contributed by atoms with Gasteiger partial charge in [-0.1, -0.05) is 26.8 Å². The Hall–Kier alpha value is -0.870. The number of rotatable bonds is 5. The van der Waals surface area contributed by atoms with Gasteiger partial charge in [-0.3, -0.25) is 4.79 Å². The number of carbonyl (C=O) groups excluding carboxylic acids is 1. The normalized spacial score (nSPS) is 14.8. The fraction of sp³-hybridized carbons (Fsp3) is 0.583. The highest BCUT2D eigenvalue weighted by Crippen LogP contribution is 2.21. The molecule has 90 valence electrons. The quantitative estimate of drug-likeness (QED) is 0.829. The molecular weight excluding hydrogens is 220 g/mol. The first-order valence-corrected chi connectivity index (χ1v) is 6.53. The molecule has 1 heterocycles. The van der Waals surface area contributed by atoms with Crippen molar-refractivity contribution in [3.05, 3.63) is 22.4 Å². The van der Waals surface area contributed by atoms with Crippen LogP contribution in [-0.2, 0) is 4.79 Å². The molecule has 0 spiro atoms. The molecule has 1 aromatic rings. The van der Waals surface area contributed by atoms with Crippen LogP contribution in [0.4, 0.5) is 0 Å². The van der Waals surface area contributed by atoms with Crippen LogP contribution < -0.4 is 11.1 Å². The second-order valence-electron chi connectivity index (χ2n) is 4.25. The van der Waals surface area contributed by atoms with Crippen molar-refractivity contribution < 1.29 is 4.79 Å². The maximum absolute atomic E-state index is 11.8. The molecule has 0 aliphatic rings. The smallest absolute Gasteiger partial charge is 0.237 e. The first-order valence-electron chi connectivity index (χ1n) is 5.65. The average molecular weight is 240 g/mol. The van der Waals surface area contributed by atoms with Crippen molar-refractivity contribution in [3.8, 4) is 0 Å². The first kappa shape index (κ1) is 13.2. The third kappa shape index (κ3) is 3.32. The van der Waals surface area contributed by atoms with E-state index in [-0.39, 0.29) is 17.9 Å². The molecule has 16 heavy (non-hydrogen) atoms. The van der Waals surface area contributed by atoms with Gasteiger partial charge in [0, 0.05) is 4.88 Å². The summed E-state index contributed by atoms with van der Waals surface area (Å²) in [4.78, 5) is 13.0. The Morgan fingerprint density at radius 1 is 1.56 bits per heavy atom. The Balaban J connectivity index is 2.61. The number of amides is 1. The largest absolute Gasteiger partial charge is 0.347 e. The van der Waals surface area contributed by atoms with Gasteiger partial charge in [-0.2, -0.15) is 0 Å². The lowest BCUT2D eigenvalue weighted by atomic mass is 10.0. The lowest BCUT2D eigenvalue weighted by molar-refractivity contribution is -0.124. The molecule has 0 bridgehead atoms. The van der Waals surface area contributed by atoms with E-state index >= 15 is 0 Å². The second kappa shape index (κ2) is 6.01. The molecule has 1 rings (SSSR count). The minimum absolute atomic E-state index is 0.0600. The van der Waals surface area contributed by atoms with Crippen LogP contribution in [0.25, 0.3) is 0 Å². The highest BCUT2D eigenvalue weighted by atomic mass is 32.1. The minimum atomic E-state index is -0.422. The molecule has 1 aromatic heterocycles. The van der Waals surface area contributed by atoms with Crippen molar-refractivity contribution in [2.45, 2.75) is 39.3 Å². The maximum atomic E-state index is 11.8. The third-order valence-corrected chi connectivity index (χ3v) is 3.62. The summed E-state index contributed by atoms with van der Waals surface area (Å²) >= 11 is 1.66. The summed E-state index contributed by atoms with van der Waals surface area (Å²) in [5.74, 6) is 0.107. The van der Waals surface area contributed by atoms with Gasteiger partial charge in [0.2, 0.25) is 5.91 Å². The molecule has 0 fully saturated rings. The molecule has 4 heteroatoms. The molecule has 2 atom stereocenters. The lowest BCUT2D eigenvalue weighted by Gasteiger charge is -2.20. The Kier molecular flexibility index (Phi) is 4.96. The Morgan fingerprint density at radius 2 is 2.25 bits per heavy atom. The van der Waals surface area contributed by atoms with E-state index in [4.69, 9.17) is 5.73 Å². The van der Waals surface area contributed by atoms with E-state index in [1.807, 2.05) is 31.4 Å². The topological polar surface area (TPSA) is 55.1 Å². The molecule has 3 nitrogen and oxygen atoms in total. The van der Waals surface area contributed by atoms with Gasteiger partial charge in [-0.15, -0.1) is 11.3 Å². The van der Waals surface area contributed by atoms with Crippen LogP contribution in [0.5, 0.6) is 0 Å². The molecule has 0 aliphatic heterocycles. The zero-order valence-electron chi connectivity index (χ0n) is 10.1. The highest BCUT2D eigenvalue weighted by molar-refractivity contribution is 7.10. The van der Waals surface area contributed by atoms with Gasteiger partial charge in [0.1, 0.15) is 0 Å². The van der Waals surface area contributed by atoms with Crippen molar-refractivity contribution >= 4 is 17.2 Å². The summed E-state index contributed by atoms with van der Waals surface area (Å²) in [6, 6.07) is 3.71. The Bertz CT molecular complexity index is 322. The van der Waals surface area contributed by atoms with Gasteiger partial charge < -0.3 is 11.1 Å². The number of carbonyl (C=O) groups is 1. The van der Waals surface area contributed by atoms with E-state index in [0.717, 1.165) is 6.42 Å². The molecule has 3 N–H and O–H groups in total. The van der Waals surface area contributed by atoms with E-state index in [1.165, 1.54) is 4.88 Å². The van der Waals surface area contributed by atoms with Gasteiger partial charge in [0.05, 0.1) is 12.1 Å². The van der Waals surface area contributed by atoms with Gasteiger partial charge in [0.25, 0.3) is 0 Å². The minimum Gasteiger partial charge on any atom is -0.347 e. The monoisotopic (exact) mass is 240 g/mol. The number of hydrogen-bond donors (Lipinski definition) is 2. The summed E-state index contributed by atoms with van der Waals surface area (Å²) in [5.41, 5.74) is 5.81. The second-order valence-corrected chi connectivity index (χ2v) is 5.23. The van der Waals surface area contributed by atoms with E-state index < -0.39 is 6.04 Å². The first-order chi connectivity index (χ1) is 7.56. The van der Waals surface area contributed by atoms with Crippen molar-refractivity contribution in [3.63, 3.8) is 0 Å². The van der Waals surface area contributed by atoms with Crippen molar-refractivity contribution in [1.82, 2.24) is 5.32 Å². The van der Waals surface area contributed by atoms with Crippen LogP contribution in [0.2, 0.25) is 0 Å². The van der Waals surface area contributed by atoms with Gasteiger partial charge in [-0.25, -0.2) is 0 Å². The van der Waals surface area contributed by atoms with Crippen molar-refractivity contribution in [2.24, 2.45) is 11.7 Å². The van der Waals surface area contributed by atoms with Gasteiger partial charge in [0.15, 0.2) is 0 Å². The SMILES string of the molecule is CCC(NC(=O)[C@@H](N)C(C)C)c1cccs1. The van der Waals surface area contributed by atoms with E-state index in [1.54, 1.807) is 11.3 Å². The predicted molar refractivity (Wildman–Crippen MR) is 68.3 cm³/mol. The third-order valence-electron chi connectivity index (χ3n) is 2.63. The molecule has 0 radical (unpaired) electrons. The fourth-order valence-electron chi connectivity index (χ4n) is 1.43. The summed E-state index contributed by atoms with van der Waals surface area (Å²) < 4.78 is 0. The van der Waals surface area contributed by atoms with Gasteiger partial charge >= 0.3 is 0 Å². The zero-order chi connectivity index (χ0) is 12.1. The molecule has 0 aromatic carbocycles. The standard InChI is InChI=1S/C12H20N2OS/c1-4-9(10-6-5-7-16-10)14-12(15)11(13)8(2)3/h5-9,11H,4,13H2,1-3H3,(H,14,15)/t9?,11-/m0/s1. The molecule has 0 aliphatic carbocycles.